The first-order valence-electron chi connectivity index (χ1n) is 14.7. The van der Waals surface area contributed by atoms with Crippen LogP contribution in [0.1, 0.15) is 79.6 Å². The van der Waals surface area contributed by atoms with E-state index >= 15 is 0 Å². The summed E-state index contributed by atoms with van der Waals surface area (Å²) in [5.74, 6) is -0.343. The van der Waals surface area contributed by atoms with Crippen molar-refractivity contribution in [2.75, 3.05) is 37.6 Å². The predicted octanol–water partition coefficient (Wildman–Crippen LogP) is 4.70. The van der Waals surface area contributed by atoms with Crippen molar-refractivity contribution < 1.29 is 14.7 Å². The maximum absolute atomic E-state index is 13.1. The Balaban J connectivity index is 1.13. The molecule has 204 valence electrons. The molecule has 0 bridgehead atoms. The predicted molar refractivity (Wildman–Crippen MR) is 150 cm³/mol. The van der Waals surface area contributed by atoms with E-state index in [0.29, 0.717) is 50.6 Å². The molecule has 2 aliphatic heterocycles. The van der Waals surface area contributed by atoms with Gasteiger partial charge in [0.2, 0.25) is 0 Å². The highest BCUT2D eigenvalue weighted by molar-refractivity contribution is 5.95. The Morgan fingerprint density at radius 3 is 2.10 bits per heavy atom. The second-order valence-corrected chi connectivity index (χ2v) is 11.8. The van der Waals surface area contributed by atoms with Crippen molar-refractivity contribution in [1.82, 2.24) is 9.80 Å². The lowest BCUT2D eigenvalue weighted by molar-refractivity contribution is -0.143. The van der Waals surface area contributed by atoms with Gasteiger partial charge in [0.25, 0.3) is 11.8 Å². The van der Waals surface area contributed by atoms with Gasteiger partial charge in [-0.3, -0.25) is 9.59 Å². The Morgan fingerprint density at radius 2 is 1.46 bits per heavy atom. The van der Waals surface area contributed by atoms with Crippen LogP contribution < -0.4 is 4.90 Å². The highest BCUT2D eigenvalue weighted by Gasteiger charge is 2.50. The lowest BCUT2D eigenvalue weighted by Crippen LogP contribution is -2.53. The lowest BCUT2D eigenvalue weighted by atomic mass is 9.95. The zero-order valence-corrected chi connectivity index (χ0v) is 22.6. The molecule has 2 aromatic rings. The first-order valence-corrected chi connectivity index (χ1v) is 14.7. The number of nitrogens with zero attached hydrogens (tertiary/aromatic N) is 4. The first-order chi connectivity index (χ1) is 19.0. The van der Waals surface area contributed by atoms with Crippen LogP contribution in [0.5, 0.6) is 0 Å². The van der Waals surface area contributed by atoms with Crippen molar-refractivity contribution in [3.63, 3.8) is 0 Å². The minimum atomic E-state index is -1.15. The molecule has 2 saturated carbocycles. The van der Waals surface area contributed by atoms with Crippen LogP contribution in [0.25, 0.3) is 11.1 Å². The second kappa shape index (κ2) is 10.7. The van der Waals surface area contributed by atoms with Crippen LogP contribution in [0.4, 0.5) is 5.69 Å². The standard InChI is InChI=1S/C32H38N4O3/c33-21-26-22-36(27-6-4-2-1-3-5-7-27)29-13-12-25(20-28(26)29)23-8-10-24(11-9-23)30(37)34-16-18-35(19-17-34)31(38)32(39)14-15-32/h8-13,20,26-27,39H,1-7,14-19,22H2. The minimum absolute atomic E-state index is 0.0351. The number of hydrogen-bond acceptors (Lipinski definition) is 5. The third-order valence-electron chi connectivity index (χ3n) is 9.20. The second-order valence-electron chi connectivity index (χ2n) is 11.8. The third kappa shape index (κ3) is 5.15. The Morgan fingerprint density at radius 1 is 0.846 bits per heavy atom. The molecule has 2 heterocycles. The van der Waals surface area contributed by atoms with Gasteiger partial charge in [0.05, 0.1) is 12.0 Å². The normalized spacial score (nSPS) is 23.0. The molecule has 2 aromatic carbocycles. The third-order valence-corrected chi connectivity index (χ3v) is 9.20. The Kier molecular flexibility index (Phi) is 7.07. The van der Waals surface area contributed by atoms with Crippen molar-refractivity contribution in [1.29, 1.82) is 5.26 Å². The number of fused-ring (bicyclic) bond motifs is 1. The molecule has 6 rings (SSSR count). The Bertz CT molecular complexity index is 1260. The molecule has 1 N–H and O–H groups in total. The van der Waals surface area contributed by atoms with Gasteiger partial charge in [-0.15, -0.1) is 0 Å². The van der Waals surface area contributed by atoms with Crippen LogP contribution >= 0.6 is 0 Å². The van der Waals surface area contributed by atoms with Crippen LogP contribution in [0.3, 0.4) is 0 Å². The lowest BCUT2D eigenvalue weighted by Gasteiger charge is -2.35. The molecule has 7 nitrogen and oxygen atoms in total. The van der Waals surface area contributed by atoms with Crippen molar-refractivity contribution >= 4 is 17.5 Å². The fraction of sp³-hybridized carbons (Fsp3) is 0.531. The van der Waals surface area contributed by atoms with E-state index in [0.717, 1.165) is 23.2 Å². The summed E-state index contributed by atoms with van der Waals surface area (Å²) in [6, 6.07) is 17.3. The summed E-state index contributed by atoms with van der Waals surface area (Å²) in [5, 5.41) is 20.1. The van der Waals surface area contributed by atoms with Gasteiger partial charge in [0.15, 0.2) is 0 Å². The van der Waals surface area contributed by atoms with Gasteiger partial charge in [-0.25, -0.2) is 0 Å². The van der Waals surface area contributed by atoms with Crippen LogP contribution in [0.2, 0.25) is 0 Å². The monoisotopic (exact) mass is 526 g/mol. The number of nitriles is 1. The maximum atomic E-state index is 13.1. The first kappa shape index (κ1) is 25.9. The van der Waals surface area contributed by atoms with Crippen molar-refractivity contribution in [2.24, 2.45) is 0 Å². The number of amides is 2. The molecule has 39 heavy (non-hydrogen) atoms. The SMILES string of the molecule is N#CC1CN(C2CCCCCCC2)c2ccc(-c3ccc(C(=O)N4CCN(C(=O)C5(O)CC5)CC4)cc3)cc21. The Labute approximate surface area is 231 Å². The van der Waals surface area contributed by atoms with Crippen LogP contribution in [-0.2, 0) is 4.79 Å². The summed E-state index contributed by atoms with van der Waals surface area (Å²) in [5.41, 5.74) is 3.92. The summed E-state index contributed by atoms with van der Waals surface area (Å²) in [4.78, 5) is 31.5. The van der Waals surface area contributed by atoms with Crippen molar-refractivity contribution in [3.05, 3.63) is 53.6 Å². The van der Waals surface area contributed by atoms with E-state index < -0.39 is 5.60 Å². The van der Waals surface area contributed by atoms with E-state index in [-0.39, 0.29) is 17.7 Å². The van der Waals surface area contributed by atoms with Gasteiger partial charge in [-0.2, -0.15) is 5.26 Å². The highest BCUT2D eigenvalue weighted by Crippen LogP contribution is 2.42. The number of carbonyl (C=O) groups excluding carboxylic acids is 2. The number of aliphatic hydroxyl groups is 1. The number of piperazine rings is 1. The zero-order valence-electron chi connectivity index (χ0n) is 22.6. The molecule has 0 spiro atoms. The zero-order chi connectivity index (χ0) is 27.0. The molecule has 0 aromatic heterocycles. The van der Waals surface area contributed by atoms with Gasteiger partial charge >= 0.3 is 0 Å². The van der Waals surface area contributed by atoms with E-state index in [2.05, 4.69) is 29.2 Å². The average Bonchev–Trinajstić information content (AvgIpc) is 3.61. The topological polar surface area (TPSA) is 87.9 Å². The molecule has 3 fully saturated rings. The van der Waals surface area contributed by atoms with Gasteiger partial charge in [0.1, 0.15) is 5.60 Å². The summed E-state index contributed by atoms with van der Waals surface area (Å²) < 4.78 is 0. The van der Waals surface area contributed by atoms with E-state index in [1.165, 1.54) is 50.6 Å². The molecule has 2 amide bonds. The van der Waals surface area contributed by atoms with Crippen LogP contribution in [0, 0.1) is 11.3 Å². The summed E-state index contributed by atoms with van der Waals surface area (Å²) in [7, 11) is 0. The fourth-order valence-electron chi connectivity index (χ4n) is 6.60. The average molecular weight is 527 g/mol. The van der Waals surface area contributed by atoms with E-state index in [4.69, 9.17) is 0 Å². The van der Waals surface area contributed by atoms with Gasteiger partial charge in [-0.05, 0) is 66.6 Å². The molecule has 4 aliphatic rings. The summed E-state index contributed by atoms with van der Waals surface area (Å²) >= 11 is 0. The van der Waals surface area contributed by atoms with Gasteiger partial charge in [-0.1, -0.05) is 50.3 Å². The summed E-state index contributed by atoms with van der Waals surface area (Å²) in [6.45, 7) is 2.64. The number of benzene rings is 2. The number of hydrogen-bond donors (Lipinski definition) is 1. The van der Waals surface area contributed by atoms with Crippen molar-refractivity contribution in [2.45, 2.75) is 75.3 Å². The molecule has 1 atom stereocenters. The number of rotatable bonds is 4. The molecule has 2 aliphatic carbocycles. The molecule has 0 radical (unpaired) electrons. The highest BCUT2D eigenvalue weighted by atomic mass is 16.3. The Hall–Kier alpha value is -3.37. The fourth-order valence-corrected chi connectivity index (χ4v) is 6.60. The molecular weight excluding hydrogens is 488 g/mol. The van der Waals surface area contributed by atoms with Crippen LogP contribution in [0.15, 0.2) is 42.5 Å². The quantitative estimate of drug-likeness (QED) is 0.624. The van der Waals surface area contributed by atoms with Gasteiger partial charge < -0.3 is 19.8 Å². The van der Waals surface area contributed by atoms with E-state index in [1.807, 2.05) is 24.3 Å². The number of carbonyl (C=O) groups is 2. The minimum Gasteiger partial charge on any atom is -0.380 e. The molecule has 7 heteroatoms. The van der Waals surface area contributed by atoms with E-state index in [9.17, 15) is 20.0 Å². The molecular formula is C32H38N4O3. The van der Waals surface area contributed by atoms with Crippen LogP contribution in [-0.4, -0.2) is 71.1 Å². The van der Waals surface area contributed by atoms with E-state index in [1.54, 1.807) is 9.80 Å². The molecule has 1 saturated heterocycles. The molecule has 1 unspecified atom stereocenters. The van der Waals surface area contributed by atoms with Crippen molar-refractivity contribution in [3.8, 4) is 17.2 Å². The largest absolute Gasteiger partial charge is 0.380 e. The summed E-state index contributed by atoms with van der Waals surface area (Å²) in [6.07, 6.45) is 10.0. The number of anilines is 1. The van der Waals surface area contributed by atoms with Gasteiger partial charge in [0, 0.05) is 50.0 Å². The maximum Gasteiger partial charge on any atom is 0.254 e. The smallest absolute Gasteiger partial charge is 0.254 e.